The van der Waals surface area contributed by atoms with Crippen molar-refractivity contribution >= 4 is 40.9 Å². The van der Waals surface area contributed by atoms with Crippen LogP contribution in [0.15, 0.2) is 52.5 Å². The minimum absolute atomic E-state index is 0.00914. The average Bonchev–Trinajstić information content (AvgIpc) is 3.07. The molecule has 0 saturated carbocycles. The Morgan fingerprint density at radius 1 is 1.16 bits per heavy atom. The number of carbonyl (C=O) groups is 1. The molecule has 1 aromatic carbocycles. The second-order valence-electron chi connectivity index (χ2n) is 6.91. The maximum atomic E-state index is 12.6. The number of hydrogen-bond acceptors (Lipinski definition) is 6. The monoisotopic (exact) mass is 479 g/mol. The molecule has 0 amide bonds. The predicted molar refractivity (Wildman–Crippen MR) is 122 cm³/mol. The van der Waals surface area contributed by atoms with E-state index in [1.807, 2.05) is 44.2 Å². The number of hydrogen-bond donors (Lipinski definition) is 0. The van der Waals surface area contributed by atoms with Gasteiger partial charge in [-0.25, -0.2) is 4.79 Å². The first-order valence-electron chi connectivity index (χ1n) is 9.79. The molecule has 0 aliphatic rings. The van der Waals surface area contributed by atoms with Gasteiger partial charge in [0.15, 0.2) is 5.69 Å². The van der Waals surface area contributed by atoms with Crippen LogP contribution in [0.25, 0.3) is 0 Å². The Morgan fingerprint density at radius 2 is 1.90 bits per heavy atom. The normalized spacial score (nSPS) is 11.2. The molecule has 0 saturated heterocycles. The average molecular weight is 480 g/mol. The van der Waals surface area contributed by atoms with Gasteiger partial charge in [-0.15, -0.1) is 0 Å². The Kier molecular flexibility index (Phi) is 8.37. The lowest BCUT2D eigenvalue weighted by Crippen LogP contribution is -2.10. The first-order chi connectivity index (χ1) is 14.9. The van der Waals surface area contributed by atoms with Gasteiger partial charge in [0, 0.05) is 32.7 Å². The van der Waals surface area contributed by atoms with Gasteiger partial charge >= 0.3 is 5.97 Å². The van der Waals surface area contributed by atoms with E-state index in [0.717, 1.165) is 15.6 Å². The number of halogens is 2. The van der Waals surface area contributed by atoms with Crippen molar-refractivity contribution in [1.29, 1.82) is 0 Å². The molecule has 0 fully saturated rings. The summed E-state index contributed by atoms with van der Waals surface area (Å²) in [6, 6.07) is 10.9. The fourth-order valence-corrected chi connectivity index (χ4v) is 4.72. The molecule has 164 valence electrons. The second kappa shape index (κ2) is 11.0. The van der Waals surface area contributed by atoms with Crippen LogP contribution in [0, 0.1) is 0 Å². The minimum Gasteiger partial charge on any atom is -0.461 e. The highest BCUT2D eigenvalue weighted by molar-refractivity contribution is 7.99. The van der Waals surface area contributed by atoms with Gasteiger partial charge in [0.1, 0.15) is 5.03 Å². The Labute approximate surface area is 195 Å². The summed E-state index contributed by atoms with van der Waals surface area (Å²) in [6.45, 7) is 6.49. The fraction of sp³-hybridized carbons (Fsp3) is 0.318. The number of esters is 1. The van der Waals surface area contributed by atoms with Gasteiger partial charge in [0.2, 0.25) is 0 Å². The van der Waals surface area contributed by atoms with Crippen molar-refractivity contribution in [2.75, 3.05) is 6.61 Å². The molecule has 0 unspecified atom stereocenters. The van der Waals surface area contributed by atoms with Crippen LogP contribution in [-0.4, -0.2) is 27.3 Å². The van der Waals surface area contributed by atoms with Gasteiger partial charge in [-0.05, 0) is 51.1 Å². The highest BCUT2D eigenvalue weighted by Gasteiger charge is 2.26. The molecule has 9 heteroatoms. The molecule has 0 radical (unpaired) electrons. The number of nitrogens with zero attached hydrogens (tertiary/aromatic N) is 3. The van der Waals surface area contributed by atoms with E-state index >= 15 is 0 Å². The van der Waals surface area contributed by atoms with Crippen molar-refractivity contribution in [2.24, 2.45) is 0 Å². The molecular formula is C22H23Cl2N3O3S. The Morgan fingerprint density at radius 3 is 2.52 bits per heavy atom. The van der Waals surface area contributed by atoms with E-state index in [4.69, 9.17) is 32.7 Å². The summed E-state index contributed by atoms with van der Waals surface area (Å²) in [5.74, 6) is -0.482. The third-order valence-electron chi connectivity index (χ3n) is 4.19. The summed E-state index contributed by atoms with van der Waals surface area (Å²) < 4.78 is 12.9. The van der Waals surface area contributed by atoms with Crippen LogP contribution in [0.1, 0.15) is 48.6 Å². The Hall–Kier alpha value is -2.06. The lowest BCUT2D eigenvalue weighted by Gasteiger charge is -2.13. The van der Waals surface area contributed by atoms with Gasteiger partial charge in [-0.1, -0.05) is 41.0 Å². The molecule has 0 N–H and O–H groups in total. The first-order valence-corrected chi connectivity index (χ1v) is 11.4. The fourth-order valence-electron chi connectivity index (χ4n) is 2.85. The lowest BCUT2D eigenvalue weighted by atomic mass is 10.2. The Bertz CT molecular complexity index is 1020. The van der Waals surface area contributed by atoms with Crippen molar-refractivity contribution < 1.29 is 14.3 Å². The molecule has 6 nitrogen and oxygen atoms in total. The van der Waals surface area contributed by atoms with Gasteiger partial charge < -0.3 is 9.47 Å². The third kappa shape index (κ3) is 6.23. The van der Waals surface area contributed by atoms with E-state index in [0.29, 0.717) is 22.2 Å². The summed E-state index contributed by atoms with van der Waals surface area (Å²) in [4.78, 5) is 17.7. The first kappa shape index (κ1) is 23.6. The van der Waals surface area contributed by atoms with Crippen LogP contribution >= 0.6 is 35.0 Å². The molecule has 3 aromatic rings. The molecule has 0 atom stereocenters. The third-order valence-corrected chi connectivity index (χ3v) is 5.73. The number of ether oxygens (including phenoxy) is 2. The van der Waals surface area contributed by atoms with E-state index in [1.165, 1.54) is 11.8 Å². The molecule has 3 rings (SSSR count). The van der Waals surface area contributed by atoms with Crippen molar-refractivity contribution in [3.63, 3.8) is 0 Å². The van der Waals surface area contributed by atoms with Gasteiger partial charge in [-0.2, -0.15) is 5.10 Å². The van der Waals surface area contributed by atoms with E-state index in [2.05, 4.69) is 10.1 Å². The van der Waals surface area contributed by atoms with Crippen LogP contribution in [-0.2, 0) is 22.7 Å². The standard InChI is InChI=1S/C22H23Cl2N3O3S/c1-4-30-22(28)20-19(13-29-12-17-7-5-6-8-25-17)21(27(26-20)14(2)3)31-18-10-15(23)9-16(24)11-18/h5-11,14H,4,12-13H2,1-3H3. The highest BCUT2D eigenvalue weighted by Crippen LogP contribution is 2.37. The number of aromatic nitrogens is 3. The van der Waals surface area contributed by atoms with Crippen molar-refractivity contribution in [3.05, 3.63) is 69.6 Å². The van der Waals surface area contributed by atoms with Crippen molar-refractivity contribution in [3.8, 4) is 0 Å². The van der Waals surface area contributed by atoms with Crippen LogP contribution in [0.4, 0.5) is 0 Å². The van der Waals surface area contributed by atoms with Gasteiger partial charge in [0.25, 0.3) is 0 Å². The maximum absolute atomic E-state index is 12.6. The quantitative estimate of drug-likeness (QED) is 0.339. The van der Waals surface area contributed by atoms with E-state index in [1.54, 1.807) is 23.9 Å². The number of rotatable bonds is 9. The summed E-state index contributed by atoms with van der Waals surface area (Å²) in [5, 5.41) is 6.39. The van der Waals surface area contributed by atoms with Gasteiger partial charge in [-0.3, -0.25) is 9.67 Å². The summed E-state index contributed by atoms with van der Waals surface area (Å²) in [7, 11) is 0. The van der Waals surface area contributed by atoms with Crippen LogP contribution in [0.3, 0.4) is 0 Å². The van der Waals surface area contributed by atoms with Crippen LogP contribution in [0.5, 0.6) is 0 Å². The minimum atomic E-state index is -0.482. The molecule has 2 heterocycles. The second-order valence-corrected chi connectivity index (χ2v) is 8.85. The SMILES string of the molecule is CCOC(=O)c1nn(C(C)C)c(Sc2cc(Cl)cc(Cl)c2)c1COCc1ccccn1. The molecule has 0 bridgehead atoms. The smallest absolute Gasteiger partial charge is 0.359 e. The number of carbonyl (C=O) groups excluding carboxylic acids is 1. The van der Waals surface area contributed by atoms with E-state index in [9.17, 15) is 4.79 Å². The highest BCUT2D eigenvalue weighted by atomic mass is 35.5. The van der Waals surface area contributed by atoms with Crippen molar-refractivity contribution in [2.45, 2.75) is 49.9 Å². The zero-order valence-electron chi connectivity index (χ0n) is 17.5. The summed E-state index contributed by atoms with van der Waals surface area (Å²) in [5.41, 5.74) is 1.70. The molecule has 31 heavy (non-hydrogen) atoms. The van der Waals surface area contributed by atoms with Crippen LogP contribution in [0.2, 0.25) is 10.0 Å². The molecule has 2 aromatic heterocycles. The maximum Gasteiger partial charge on any atom is 0.359 e. The Balaban J connectivity index is 1.97. The molecular weight excluding hydrogens is 457 g/mol. The summed E-state index contributed by atoms with van der Waals surface area (Å²) >= 11 is 13.8. The largest absolute Gasteiger partial charge is 0.461 e. The topological polar surface area (TPSA) is 66.2 Å². The zero-order valence-corrected chi connectivity index (χ0v) is 19.8. The number of benzene rings is 1. The van der Waals surface area contributed by atoms with E-state index in [-0.39, 0.29) is 24.9 Å². The van der Waals surface area contributed by atoms with E-state index < -0.39 is 5.97 Å². The molecule has 0 aliphatic carbocycles. The zero-order chi connectivity index (χ0) is 22.4. The molecule has 0 aliphatic heterocycles. The van der Waals surface area contributed by atoms with Gasteiger partial charge in [0.05, 0.1) is 25.5 Å². The number of pyridine rings is 1. The summed E-state index contributed by atoms with van der Waals surface area (Å²) in [6.07, 6.45) is 1.71. The lowest BCUT2D eigenvalue weighted by molar-refractivity contribution is 0.0508. The molecule has 0 spiro atoms. The van der Waals surface area contributed by atoms with Crippen molar-refractivity contribution in [1.82, 2.24) is 14.8 Å². The predicted octanol–water partition coefficient (Wildman–Crippen LogP) is 6.21. The van der Waals surface area contributed by atoms with Crippen LogP contribution < -0.4 is 0 Å².